The Hall–Kier alpha value is -2.48. The summed E-state index contributed by atoms with van der Waals surface area (Å²) in [5.74, 6) is -0.619. The van der Waals surface area contributed by atoms with Gasteiger partial charge in [0.05, 0.1) is 13.2 Å². The molecule has 1 aromatic rings. The zero-order valence-corrected chi connectivity index (χ0v) is 17.0. The van der Waals surface area contributed by atoms with Gasteiger partial charge in [-0.1, -0.05) is 38.8 Å². The fraction of sp³-hybridized carbons (Fsp3) is 0.571. The lowest BCUT2D eigenvalue weighted by atomic mass is 9.73. The second-order valence-electron chi connectivity index (χ2n) is 7.97. The van der Waals surface area contributed by atoms with Crippen molar-refractivity contribution >= 4 is 17.8 Å². The first kappa shape index (κ1) is 21.2. The van der Waals surface area contributed by atoms with E-state index in [2.05, 4.69) is 10.6 Å². The summed E-state index contributed by atoms with van der Waals surface area (Å²) in [6.45, 7) is 4.85. The van der Waals surface area contributed by atoms with E-state index < -0.39 is 5.54 Å². The van der Waals surface area contributed by atoms with Crippen LogP contribution in [0, 0.1) is 11.7 Å². The van der Waals surface area contributed by atoms with Gasteiger partial charge in [0.25, 0.3) is 5.91 Å². The number of halogens is 1. The largest absolute Gasteiger partial charge is 0.351 e. The number of carbonyl (C=O) groups excluding carboxylic acids is 3. The van der Waals surface area contributed by atoms with Crippen LogP contribution in [0.3, 0.4) is 0 Å². The standard InChI is InChI=1S/C21H29FN4O3/c1-3-25(13-18(27)23-12-16-7-9-17(22)10-8-16)14-26-19(28)21(24-20(26)29)11-5-4-6-15(21)2/h7-10,15H,3-6,11-14H2,1-2H3,(H,23,27)(H,24,29)/t15-,21+/m0/s1. The van der Waals surface area contributed by atoms with Crippen molar-refractivity contribution in [2.45, 2.75) is 51.6 Å². The molecule has 1 aliphatic carbocycles. The van der Waals surface area contributed by atoms with Crippen LogP contribution in [0.5, 0.6) is 0 Å². The lowest BCUT2D eigenvalue weighted by molar-refractivity contribution is -0.136. The highest BCUT2D eigenvalue weighted by Crippen LogP contribution is 2.38. The Balaban J connectivity index is 1.56. The molecule has 2 atom stereocenters. The van der Waals surface area contributed by atoms with Crippen LogP contribution in [0.25, 0.3) is 0 Å². The molecular formula is C21H29FN4O3. The van der Waals surface area contributed by atoms with Crippen molar-refractivity contribution in [2.24, 2.45) is 5.92 Å². The minimum Gasteiger partial charge on any atom is -0.351 e. The van der Waals surface area contributed by atoms with Gasteiger partial charge >= 0.3 is 6.03 Å². The van der Waals surface area contributed by atoms with Gasteiger partial charge < -0.3 is 10.6 Å². The van der Waals surface area contributed by atoms with Crippen LogP contribution in [0.2, 0.25) is 0 Å². The second kappa shape index (κ2) is 8.90. The van der Waals surface area contributed by atoms with E-state index in [0.29, 0.717) is 19.5 Å². The lowest BCUT2D eigenvalue weighted by Gasteiger charge is -2.37. The van der Waals surface area contributed by atoms with Gasteiger partial charge in [0.2, 0.25) is 5.91 Å². The average molecular weight is 404 g/mol. The lowest BCUT2D eigenvalue weighted by Crippen LogP contribution is -2.54. The Labute approximate surface area is 170 Å². The smallest absolute Gasteiger partial charge is 0.326 e. The summed E-state index contributed by atoms with van der Waals surface area (Å²) in [5.41, 5.74) is 0.00434. The van der Waals surface area contributed by atoms with Crippen LogP contribution in [-0.4, -0.2) is 52.9 Å². The first-order valence-corrected chi connectivity index (χ1v) is 10.2. The molecule has 29 heavy (non-hydrogen) atoms. The fourth-order valence-electron chi connectivity index (χ4n) is 4.15. The Morgan fingerprint density at radius 1 is 1.31 bits per heavy atom. The summed E-state index contributed by atoms with van der Waals surface area (Å²) in [5, 5.41) is 5.72. The number of benzene rings is 1. The first-order valence-electron chi connectivity index (χ1n) is 10.2. The highest BCUT2D eigenvalue weighted by atomic mass is 19.1. The first-order chi connectivity index (χ1) is 13.9. The quantitative estimate of drug-likeness (QED) is 0.683. The van der Waals surface area contributed by atoms with Gasteiger partial charge in [-0.2, -0.15) is 0 Å². The molecule has 1 aromatic carbocycles. The third-order valence-electron chi connectivity index (χ3n) is 6.06. The van der Waals surface area contributed by atoms with Gasteiger partial charge in [-0.25, -0.2) is 14.1 Å². The number of amides is 4. The van der Waals surface area contributed by atoms with Crippen molar-refractivity contribution in [3.8, 4) is 0 Å². The molecule has 3 rings (SSSR count). The maximum absolute atomic E-state index is 13.1. The van der Waals surface area contributed by atoms with E-state index in [9.17, 15) is 18.8 Å². The minimum atomic E-state index is -0.792. The van der Waals surface area contributed by atoms with E-state index in [4.69, 9.17) is 0 Å². The van der Waals surface area contributed by atoms with E-state index in [-0.39, 0.29) is 42.8 Å². The molecular weight excluding hydrogens is 375 g/mol. The van der Waals surface area contributed by atoms with Crippen LogP contribution in [0.15, 0.2) is 24.3 Å². The van der Waals surface area contributed by atoms with Crippen LogP contribution in [0.4, 0.5) is 9.18 Å². The van der Waals surface area contributed by atoms with Gasteiger partial charge in [0.1, 0.15) is 11.4 Å². The molecule has 7 nitrogen and oxygen atoms in total. The number of nitrogens with zero attached hydrogens (tertiary/aromatic N) is 2. The Kier molecular flexibility index (Phi) is 6.52. The summed E-state index contributed by atoms with van der Waals surface area (Å²) in [7, 11) is 0. The molecule has 1 spiro atoms. The van der Waals surface area contributed by atoms with E-state index >= 15 is 0 Å². The molecule has 1 saturated carbocycles. The zero-order chi connectivity index (χ0) is 21.0. The van der Waals surface area contributed by atoms with Gasteiger partial charge in [0, 0.05) is 6.54 Å². The molecule has 1 aliphatic heterocycles. The zero-order valence-electron chi connectivity index (χ0n) is 17.0. The van der Waals surface area contributed by atoms with Crippen molar-refractivity contribution in [2.75, 3.05) is 19.8 Å². The van der Waals surface area contributed by atoms with Crippen LogP contribution >= 0.6 is 0 Å². The summed E-state index contributed by atoms with van der Waals surface area (Å²) in [4.78, 5) is 40.9. The third-order valence-corrected chi connectivity index (χ3v) is 6.06. The number of nitrogens with one attached hydrogen (secondary N) is 2. The molecule has 2 fully saturated rings. The number of hydrogen-bond acceptors (Lipinski definition) is 4. The van der Waals surface area contributed by atoms with E-state index in [1.807, 2.05) is 13.8 Å². The number of carbonyl (C=O) groups is 3. The van der Waals surface area contributed by atoms with Crippen LogP contribution in [-0.2, 0) is 16.1 Å². The number of likely N-dealkylation sites (N-methyl/N-ethyl adjacent to an activating group) is 1. The van der Waals surface area contributed by atoms with Crippen molar-refractivity contribution in [3.05, 3.63) is 35.6 Å². The predicted octanol–water partition coefficient (Wildman–Crippen LogP) is 2.22. The van der Waals surface area contributed by atoms with Gasteiger partial charge in [-0.05, 0) is 43.0 Å². The highest BCUT2D eigenvalue weighted by Gasteiger charge is 2.55. The minimum absolute atomic E-state index is 0.0668. The van der Waals surface area contributed by atoms with Crippen LogP contribution < -0.4 is 10.6 Å². The second-order valence-corrected chi connectivity index (χ2v) is 7.97. The number of imide groups is 1. The fourth-order valence-corrected chi connectivity index (χ4v) is 4.15. The maximum Gasteiger partial charge on any atom is 0.326 e. The van der Waals surface area contributed by atoms with E-state index in [1.165, 1.54) is 17.0 Å². The predicted molar refractivity (Wildman–Crippen MR) is 106 cm³/mol. The highest BCUT2D eigenvalue weighted by molar-refractivity contribution is 6.07. The van der Waals surface area contributed by atoms with Gasteiger partial charge in [-0.3, -0.25) is 14.5 Å². The monoisotopic (exact) mass is 404 g/mol. The normalized spacial score (nSPS) is 24.3. The molecule has 2 aliphatic rings. The van der Waals surface area contributed by atoms with Crippen molar-refractivity contribution in [3.63, 3.8) is 0 Å². The number of rotatable bonds is 7. The molecule has 0 unspecified atom stereocenters. The topological polar surface area (TPSA) is 81.8 Å². The van der Waals surface area contributed by atoms with Crippen molar-refractivity contribution < 1.29 is 18.8 Å². The molecule has 1 heterocycles. The van der Waals surface area contributed by atoms with Gasteiger partial charge in [-0.15, -0.1) is 0 Å². The average Bonchev–Trinajstić information content (AvgIpc) is 2.94. The van der Waals surface area contributed by atoms with Gasteiger partial charge in [0.15, 0.2) is 0 Å². The SMILES string of the molecule is CCN(CC(=O)NCc1ccc(F)cc1)CN1C(=O)N[C@@]2(CCCC[C@@H]2C)C1=O. The number of hydrogen-bond donors (Lipinski definition) is 2. The Morgan fingerprint density at radius 2 is 2.03 bits per heavy atom. The molecule has 4 amide bonds. The van der Waals surface area contributed by atoms with E-state index in [1.54, 1.807) is 17.0 Å². The molecule has 0 bridgehead atoms. The summed E-state index contributed by atoms with van der Waals surface area (Å²) >= 11 is 0. The number of urea groups is 1. The molecule has 8 heteroatoms. The van der Waals surface area contributed by atoms with Crippen molar-refractivity contribution in [1.82, 2.24) is 20.4 Å². The molecule has 0 radical (unpaired) electrons. The Morgan fingerprint density at radius 3 is 2.69 bits per heavy atom. The third kappa shape index (κ3) is 4.58. The summed E-state index contributed by atoms with van der Waals surface area (Å²) in [6.07, 6.45) is 3.58. The molecule has 2 N–H and O–H groups in total. The summed E-state index contributed by atoms with van der Waals surface area (Å²) in [6, 6.07) is 5.55. The molecule has 158 valence electrons. The maximum atomic E-state index is 13.1. The van der Waals surface area contributed by atoms with Crippen LogP contribution in [0.1, 0.15) is 45.1 Å². The summed E-state index contributed by atoms with van der Waals surface area (Å²) < 4.78 is 13.0. The molecule has 0 aromatic heterocycles. The van der Waals surface area contributed by atoms with E-state index in [0.717, 1.165) is 24.8 Å². The van der Waals surface area contributed by atoms with Crippen molar-refractivity contribution in [1.29, 1.82) is 0 Å². The Bertz CT molecular complexity index is 770. The molecule has 1 saturated heterocycles.